The highest BCUT2D eigenvalue weighted by atomic mass is 35.5. The smallest absolute Gasteiger partial charge is 0.344 e. The van der Waals surface area contributed by atoms with Crippen LogP contribution in [0.25, 0.3) is 0 Å². The summed E-state index contributed by atoms with van der Waals surface area (Å²) >= 11 is 6.07. The Morgan fingerprint density at radius 1 is 1.23 bits per heavy atom. The zero-order valence-corrected chi connectivity index (χ0v) is 18.0. The van der Waals surface area contributed by atoms with Crippen molar-refractivity contribution >= 4 is 40.8 Å². The van der Waals surface area contributed by atoms with Crippen molar-refractivity contribution in [1.82, 2.24) is 0 Å². The third-order valence-corrected chi connectivity index (χ3v) is 4.93. The molecule has 2 aromatic rings. The third kappa shape index (κ3) is 5.67. The summed E-state index contributed by atoms with van der Waals surface area (Å²) in [6.07, 6.45) is 0.0700. The van der Waals surface area contributed by atoms with Crippen LogP contribution in [0.15, 0.2) is 42.5 Å². The summed E-state index contributed by atoms with van der Waals surface area (Å²) in [5.74, 6) is -0.575. The van der Waals surface area contributed by atoms with Gasteiger partial charge in [0.05, 0.1) is 25.3 Å². The average molecular weight is 447 g/mol. The van der Waals surface area contributed by atoms with Crippen molar-refractivity contribution in [3.63, 3.8) is 0 Å². The number of anilines is 2. The van der Waals surface area contributed by atoms with Crippen molar-refractivity contribution in [3.05, 3.63) is 47.5 Å². The Hall–Kier alpha value is -3.26. The lowest BCUT2D eigenvalue weighted by Crippen LogP contribution is -2.28. The van der Waals surface area contributed by atoms with E-state index >= 15 is 0 Å². The number of esters is 1. The molecule has 31 heavy (non-hydrogen) atoms. The van der Waals surface area contributed by atoms with Gasteiger partial charge in [-0.15, -0.1) is 0 Å². The maximum atomic E-state index is 12.8. The van der Waals surface area contributed by atoms with Gasteiger partial charge in [-0.25, -0.2) is 4.79 Å². The Bertz CT molecular complexity index is 980. The second-order valence-corrected chi connectivity index (χ2v) is 7.27. The summed E-state index contributed by atoms with van der Waals surface area (Å²) in [6, 6.07) is 11.7. The molecule has 1 heterocycles. The summed E-state index contributed by atoms with van der Waals surface area (Å²) in [4.78, 5) is 38.3. The predicted octanol–water partition coefficient (Wildman–Crippen LogP) is 3.28. The number of carbonyl (C=O) groups is 3. The molecule has 2 amide bonds. The molecule has 2 aromatic carbocycles. The average Bonchev–Trinajstić information content (AvgIpc) is 3.14. The topological polar surface area (TPSA) is 94.2 Å². The zero-order valence-electron chi connectivity index (χ0n) is 17.2. The Morgan fingerprint density at radius 2 is 2.03 bits per heavy atom. The Morgan fingerprint density at radius 3 is 2.77 bits per heavy atom. The van der Waals surface area contributed by atoms with Crippen LogP contribution in [0.4, 0.5) is 11.4 Å². The SMILES string of the molecule is CCOC(=O)COc1cccc(NC(=O)C2CC(=O)N(c3cc(Cl)ccc3OC)C2)c1. The van der Waals surface area contributed by atoms with E-state index < -0.39 is 11.9 Å². The van der Waals surface area contributed by atoms with Gasteiger partial charge in [0, 0.05) is 29.7 Å². The van der Waals surface area contributed by atoms with Gasteiger partial charge in [0.15, 0.2) is 6.61 Å². The van der Waals surface area contributed by atoms with Crippen LogP contribution in [-0.2, 0) is 19.1 Å². The maximum Gasteiger partial charge on any atom is 0.344 e. The molecule has 164 valence electrons. The number of hydrogen-bond donors (Lipinski definition) is 1. The van der Waals surface area contributed by atoms with Crippen molar-refractivity contribution in [1.29, 1.82) is 0 Å². The van der Waals surface area contributed by atoms with Crippen LogP contribution in [0.5, 0.6) is 11.5 Å². The van der Waals surface area contributed by atoms with Gasteiger partial charge in [0.1, 0.15) is 11.5 Å². The minimum Gasteiger partial charge on any atom is -0.495 e. The second kappa shape index (κ2) is 10.2. The Kier molecular flexibility index (Phi) is 7.36. The van der Waals surface area contributed by atoms with Crippen LogP contribution in [-0.4, -0.2) is 44.7 Å². The van der Waals surface area contributed by atoms with E-state index in [0.29, 0.717) is 27.9 Å². The number of nitrogens with one attached hydrogen (secondary N) is 1. The number of ether oxygens (including phenoxy) is 3. The van der Waals surface area contributed by atoms with E-state index in [9.17, 15) is 14.4 Å². The second-order valence-electron chi connectivity index (χ2n) is 6.83. The standard InChI is InChI=1S/C22H23ClN2O6/c1-3-30-21(27)13-31-17-6-4-5-16(11-17)24-22(28)14-9-20(26)25(12-14)18-10-15(23)7-8-19(18)29-2/h4-8,10-11,14H,3,9,12-13H2,1-2H3,(H,24,28). The quantitative estimate of drug-likeness (QED) is 0.625. The lowest BCUT2D eigenvalue weighted by atomic mass is 10.1. The fourth-order valence-electron chi connectivity index (χ4n) is 3.24. The molecule has 0 radical (unpaired) electrons. The molecule has 8 nitrogen and oxygen atoms in total. The number of benzene rings is 2. The lowest BCUT2D eigenvalue weighted by molar-refractivity contribution is -0.145. The van der Waals surface area contributed by atoms with Gasteiger partial charge in [-0.1, -0.05) is 17.7 Å². The number of rotatable bonds is 8. The van der Waals surface area contributed by atoms with E-state index in [1.54, 1.807) is 49.4 Å². The van der Waals surface area contributed by atoms with Crippen LogP contribution >= 0.6 is 11.6 Å². The van der Waals surface area contributed by atoms with E-state index in [0.717, 1.165) is 0 Å². The van der Waals surface area contributed by atoms with Gasteiger partial charge < -0.3 is 24.4 Å². The monoisotopic (exact) mass is 446 g/mol. The fraction of sp³-hybridized carbons (Fsp3) is 0.318. The van der Waals surface area contributed by atoms with E-state index in [4.69, 9.17) is 25.8 Å². The summed E-state index contributed by atoms with van der Waals surface area (Å²) < 4.78 is 15.5. The van der Waals surface area contributed by atoms with Crippen LogP contribution < -0.4 is 19.7 Å². The first-order chi connectivity index (χ1) is 14.9. The first-order valence-electron chi connectivity index (χ1n) is 9.74. The number of halogens is 1. The molecule has 1 N–H and O–H groups in total. The Balaban J connectivity index is 1.64. The number of hydrogen-bond acceptors (Lipinski definition) is 6. The fourth-order valence-corrected chi connectivity index (χ4v) is 3.41. The molecule has 0 bridgehead atoms. The molecule has 0 aliphatic carbocycles. The number of methoxy groups -OCH3 is 1. The van der Waals surface area contributed by atoms with Crippen LogP contribution in [0.1, 0.15) is 13.3 Å². The molecule has 0 aromatic heterocycles. The minimum atomic E-state index is -0.541. The highest BCUT2D eigenvalue weighted by Gasteiger charge is 2.36. The molecule has 1 fully saturated rings. The van der Waals surface area contributed by atoms with Gasteiger partial charge in [0.2, 0.25) is 11.8 Å². The summed E-state index contributed by atoms with van der Waals surface area (Å²) in [6.45, 7) is 1.97. The largest absolute Gasteiger partial charge is 0.495 e. The van der Waals surface area contributed by atoms with Gasteiger partial charge in [-0.2, -0.15) is 0 Å². The van der Waals surface area contributed by atoms with E-state index in [1.807, 2.05) is 0 Å². The van der Waals surface area contributed by atoms with E-state index in [-0.39, 0.29) is 38.0 Å². The van der Waals surface area contributed by atoms with E-state index in [2.05, 4.69) is 5.32 Å². The van der Waals surface area contributed by atoms with Crippen LogP contribution in [0, 0.1) is 5.92 Å². The van der Waals surface area contributed by atoms with Crippen LogP contribution in [0.2, 0.25) is 5.02 Å². The molecule has 0 spiro atoms. The van der Waals surface area contributed by atoms with Crippen molar-refractivity contribution in [2.75, 3.05) is 37.1 Å². The van der Waals surface area contributed by atoms with Crippen LogP contribution in [0.3, 0.4) is 0 Å². The highest BCUT2D eigenvalue weighted by Crippen LogP contribution is 2.35. The molecular formula is C22H23ClN2O6. The first kappa shape index (κ1) is 22.4. The van der Waals surface area contributed by atoms with Gasteiger partial charge >= 0.3 is 5.97 Å². The maximum absolute atomic E-state index is 12.8. The summed E-state index contributed by atoms with van der Waals surface area (Å²) in [5, 5.41) is 3.27. The molecular weight excluding hydrogens is 424 g/mol. The zero-order chi connectivity index (χ0) is 22.4. The molecule has 1 aliphatic rings. The molecule has 9 heteroatoms. The van der Waals surface area contributed by atoms with Gasteiger partial charge in [0.25, 0.3) is 0 Å². The number of nitrogens with zero attached hydrogens (tertiary/aromatic N) is 1. The summed E-state index contributed by atoms with van der Waals surface area (Å²) in [5.41, 5.74) is 1.03. The van der Waals surface area contributed by atoms with E-state index in [1.165, 1.54) is 12.0 Å². The lowest BCUT2D eigenvalue weighted by Gasteiger charge is -2.20. The Labute approximate surface area is 185 Å². The highest BCUT2D eigenvalue weighted by molar-refractivity contribution is 6.31. The van der Waals surface area contributed by atoms with Crippen molar-refractivity contribution < 1.29 is 28.6 Å². The number of carbonyl (C=O) groups excluding carboxylic acids is 3. The minimum absolute atomic E-state index is 0.0700. The van der Waals surface area contributed by atoms with Gasteiger partial charge in [-0.3, -0.25) is 9.59 Å². The first-order valence-corrected chi connectivity index (χ1v) is 10.1. The molecule has 1 unspecified atom stereocenters. The molecule has 1 atom stereocenters. The molecule has 1 aliphatic heterocycles. The van der Waals surface area contributed by atoms with Crippen molar-refractivity contribution in [2.24, 2.45) is 5.92 Å². The summed E-state index contributed by atoms with van der Waals surface area (Å²) in [7, 11) is 1.51. The molecule has 0 saturated carbocycles. The molecule has 3 rings (SSSR count). The molecule has 1 saturated heterocycles. The van der Waals surface area contributed by atoms with Crippen molar-refractivity contribution in [2.45, 2.75) is 13.3 Å². The third-order valence-electron chi connectivity index (χ3n) is 4.69. The predicted molar refractivity (Wildman–Crippen MR) is 116 cm³/mol. The normalized spacial score (nSPS) is 15.5. The van der Waals surface area contributed by atoms with Crippen molar-refractivity contribution in [3.8, 4) is 11.5 Å². The number of amides is 2. The van der Waals surface area contributed by atoms with Gasteiger partial charge in [-0.05, 0) is 37.3 Å².